The maximum absolute atomic E-state index is 5.77. The predicted molar refractivity (Wildman–Crippen MR) is 58.8 cm³/mol. The first-order chi connectivity index (χ1) is 7.20. The van der Waals surface area contributed by atoms with Crippen LogP contribution in [0.4, 0.5) is 0 Å². The molecule has 1 aliphatic rings. The molecule has 0 aliphatic carbocycles. The second kappa shape index (κ2) is 4.37. The van der Waals surface area contributed by atoms with Gasteiger partial charge in [-0.05, 0) is 26.0 Å². The lowest BCUT2D eigenvalue weighted by Crippen LogP contribution is -2.44. The summed E-state index contributed by atoms with van der Waals surface area (Å²) < 4.78 is 11.5. The lowest BCUT2D eigenvalue weighted by molar-refractivity contribution is -0.0491. The molecule has 0 radical (unpaired) electrons. The molecule has 1 aromatic rings. The maximum Gasteiger partial charge on any atom is 0.123 e. The van der Waals surface area contributed by atoms with Crippen molar-refractivity contribution in [1.29, 1.82) is 0 Å². The van der Waals surface area contributed by atoms with Crippen molar-refractivity contribution in [3.8, 4) is 0 Å². The molecule has 3 atom stereocenters. The lowest BCUT2D eigenvalue weighted by atomic mass is 10.1. The van der Waals surface area contributed by atoms with Crippen molar-refractivity contribution >= 4 is 0 Å². The number of aryl methyl sites for hydroxylation is 1. The maximum atomic E-state index is 5.77. The molecule has 0 aromatic carbocycles. The van der Waals surface area contributed by atoms with Crippen molar-refractivity contribution in [2.75, 3.05) is 6.54 Å². The Morgan fingerprint density at radius 3 is 2.80 bits per heavy atom. The Kier molecular flexibility index (Phi) is 3.12. The molecule has 0 unspecified atom stereocenters. The molecule has 2 heterocycles. The van der Waals surface area contributed by atoms with Crippen molar-refractivity contribution in [3.05, 3.63) is 23.7 Å². The fraction of sp³-hybridized carbons (Fsp3) is 0.667. The summed E-state index contributed by atoms with van der Waals surface area (Å²) in [6, 6.07) is 4.29. The van der Waals surface area contributed by atoms with Gasteiger partial charge in [-0.15, -0.1) is 0 Å². The number of furan rings is 1. The largest absolute Gasteiger partial charge is 0.464 e. The van der Waals surface area contributed by atoms with Crippen LogP contribution in [0.15, 0.2) is 16.5 Å². The highest BCUT2D eigenvalue weighted by molar-refractivity contribution is 5.12. The first-order valence-corrected chi connectivity index (χ1v) is 5.68. The Morgan fingerprint density at radius 2 is 2.20 bits per heavy atom. The molecule has 0 bridgehead atoms. The number of nitrogens with one attached hydrogen (secondary N) is 1. The first-order valence-electron chi connectivity index (χ1n) is 5.68. The number of morpholine rings is 1. The molecule has 1 saturated heterocycles. The molecule has 84 valence electrons. The zero-order valence-corrected chi connectivity index (χ0v) is 9.62. The van der Waals surface area contributed by atoms with Gasteiger partial charge in [-0.3, -0.25) is 0 Å². The molecule has 0 spiro atoms. The molecular weight excluding hydrogens is 190 g/mol. The van der Waals surface area contributed by atoms with Gasteiger partial charge in [0.25, 0.3) is 0 Å². The van der Waals surface area contributed by atoms with E-state index in [4.69, 9.17) is 9.15 Å². The van der Waals surface area contributed by atoms with Crippen LogP contribution in [0.3, 0.4) is 0 Å². The number of hydrogen-bond donors (Lipinski definition) is 1. The molecule has 3 heteroatoms. The number of ether oxygens (including phenoxy) is 1. The zero-order valence-electron chi connectivity index (χ0n) is 9.62. The minimum Gasteiger partial charge on any atom is -0.464 e. The highest BCUT2D eigenvalue weighted by Gasteiger charge is 2.28. The summed E-state index contributed by atoms with van der Waals surface area (Å²) in [6.45, 7) is 7.15. The lowest BCUT2D eigenvalue weighted by Gasteiger charge is -2.33. The van der Waals surface area contributed by atoms with Crippen LogP contribution in [0.1, 0.15) is 38.3 Å². The molecule has 15 heavy (non-hydrogen) atoms. The summed E-state index contributed by atoms with van der Waals surface area (Å²) in [5.41, 5.74) is 0. The number of hydrogen-bond acceptors (Lipinski definition) is 3. The van der Waals surface area contributed by atoms with Crippen LogP contribution in [0.25, 0.3) is 0 Å². The second-order valence-electron chi connectivity index (χ2n) is 4.20. The molecule has 1 aliphatic heterocycles. The minimum atomic E-state index is 0.171. The van der Waals surface area contributed by atoms with Gasteiger partial charge in [-0.25, -0.2) is 0 Å². The van der Waals surface area contributed by atoms with Crippen molar-refractivity contribution < 1.29 is 9.15 Å². The van der Waals surface area contributed by atoms with Gasteiger partial charge >= 0.3 is 0 Å². The highest BCUT2D eigenvalue weighted by atomic mass is 16.5. The Bertz CT molecular complexity index is 321. The SMILES string of the molecule is CCc1ccc([C@@H]2NC[C@H](C)O[C@@H]2C)o1. The predicted octanol–water partition coefficient (Wildman–Crippen LogP) is 2.28. The van der Waals surface area contributed by atoms with Gasteiger partial charge in [0.1, 0.15) is 11.5 Å². The van der Waals surface area contributed by atoms with E-state index in [9.17, 15) is 0 Å². The fourth-order valence-electron chi connectivity index (χ4n) is 2.04. The molecule has 1 N–H and O–H groups in total. The molecule has 2 rings (SSSR count). The van der Waals surface area contributed by atoms with Crippen molar-refractivity contribution in [3.63, 3.8) is 0 Å². The van der Waals surface area contributed by atoms with Crippen LogP contribution < -0.4 is 5.32 Å². The normalized spacial score (nSPS) is 31.8. The summed E-state index contributed by atoms with van der Waals surface area (Å²) in [5, 5.41) is 3.45. The van der Waals surface area contributed by atoms with E-state index in [-0.39, 0.29) is 18.2 Å². The van der Waals surface area contributed by atoms with Gasteiger partial charge in [-0.1, -0.05) is 6.92 Å². The molecule has 3 nitrogen and oxygen atoms in total. The van der Waals surface area contributed by atoms with E-state index in [0.29, 0.717) is 0 Å². The van der Waals surface area contributed by atoms with E-state index in [1.807, 2.05) is 12.1 Å². The highest BCUT2D eigenvalue weighted by Crippen LogP contribution is 2.25. The Morgan fingerprint density at radius 1 is 1.40 bits per heavy atom. The molecular formula is C12H19NO2. The van der Waals surface area contributed by atoms with Crippen LogP contribution in [-0.2, 0) is 11.2 Å². The standard InChI is InChI=1S/C12H19NO2/c1-4-10-5-6-11(15-10)12-9(3)14-8(2)7-13-12/h5-6,8-9,12-13H,4,7H2,1-3H3/t8-,9+,12+/m0/s1. The van der Waals surface area contributed by atoms with Gasteiger partial charge < -0.3 is 14.5 Å². The average Bonchev–Trinajstić information content (AvgIpc) is 2.66. The van der Waals surface area contributed by atoms with Crippen molar-refractivity contribution in [2.24, 2.45) is 0 Å². The quantitative estimate of drug-likeness (QED) is 0.811. The zero-order chi connectivity index (χ0) is 10.8. The second-order valence-corrected chi connectivity index (χ2v) is 4.20. The Hall–Kier alpha value is -0.800. The van der Waals surface area contributed by atoms with Gasteiger partial charge in [-0.2, -0.15) is 0 Å². The third-order valence-electron chi connectivity index (χ3n) is 2.88. The summed E-state index contributed by atoms with van der Waals surface area (Å²) in [5.74, 6) is 2.03. The van der Waals surface area contributed by atoms with E-state index in [1.165, 1.54) is 0 Å². The molecule has 1 aromatic heterocycles. The van der Waals surface area contributed by atoms with Crippen LogP contribution in [0.2, 0.25) is 0 Å². The Labute approximate surface area is 90.8 Å². The monoisotopic (exact) mass is 209 g/mol. The number of rotatable bonds is 2. The van der Waals surface area contributed by atoms with E-state index in [1.54, 1.807) is 0 Å². The van der Waals surface area contributed by atoms with Gasteiger partial charge in [0, 0.05) is 13.0 Å². The van der Waals surface area contributed by atoms with Gasteiger partial charge in [0.15, 0.2) is 0 Å². The summed E-state index contributed by atoms with van der Waals surface area (Å²) in [6.07, 6.45) is 1.40. The summed E-state index contributed by atoms with van der Waals surface area (Å²) in [4.78, 5) is 0. The van der Waals surface area contributed by atoms with E-state index >= 15 is 0 Å². The topological polar surface area (TPSA) is 34.4 Å². The summed E-state index contributed by atoms with van der Waals surface area (Å²) in [7, 11) is 0. The van der Waals surface area contributed by atoms with Gasteiger partial charge in [0.05, 0.1) is 18.2 Å². The van der Waals surface area contributed by atoms with Crippen LogP contribution in [0.5, 0.6) is 0 Å². The van der Waals surface area contributed by atoms with Crippen molar-refractivity contribution in [1.82, 2.24) is 5.32 Å². The molecule has 0 amide bonds. The van der Waals surface area contributed by atoms with Crippen LogP contribution in [-0.4, -0.2) is 18.8 Å². The molecule has 1 fully saturated rings. The van der Waals surface area contributed by atoms with E-state index in [2.05, 4.69) is 26.1 Å². The minimum absolute atomic E-state index is 0.171. The third-order valence-corrected chi connectivity index (χ3v) is 2.88. The van der Waals surface area contributed by atoms with Crippen LogP contribution in [0, 0.1) is 0 Å². The first kappa shape index (κ1) is 10.7. The third kappa shape index (κ3) is 2.24. The Balaban J connectivity index is 2.09. The smallest absolute Gasteiger partial charge is 0.123 e. The van der Waals surface area contributed by atoms with Gasteiger partial charge in [0.2, 0.25) is 0 Å². The summed E-state index contributed by atoms with van der Waals surface area (Å²) >= 11 is 0. The van der Waals surface area contributed by atoms with Crippen LogP contribution >= 0.6 is 0 Å². The fourth-order valence-corrected chi connectivity index (χ4v) is 2.04. The van der Waals surface area contributed by atoms with Crippen molar-refractivity contribution in [2.45, 2.75) is 45.4 Å². The van der Waals surface area contributed by atoms with E-state index < -0.39 is 0 Å². The molecule has 0 saturated carbocycles. The average molecular weight is 209 g/mol. The van der Waals surface area contributed by atoms with E-state index in [0.717, 1.165) is 24.5 Å².